The molecule has 3 amide bonds. The summed E-state index contributed by atoms with van der Waals surface area (Å²) in [6.45, 7) is -0.190. The summed E-state index contributed by atoms with van der Waals surface area (Å²) in [5.74, 6) is -0.908. The SMILES string of the molecule is COC(=O)c1ccccc1-c1ccc(/C=C2/NC(=O)N(Cc3ccccc3F)C2=O)o1. The van der Waals surface area contributed by atoms with E-state index in [1.54, 1.807) is 42.5 Å². The van der Waals surface area contributed by atoms with Gasteiger partial charge in [0.15, 0.2) is 0 Å². The van der Waals surface area contributed by atoms with Gasteiger partial charge in [0.05, 0.1) is 19.2 Å². The van der Waals surface area contributed by atoms with E-state index in [9.17, 15) is 18.8 Å². The van der Waals surface area contributed by atoms with Crippen molar-refractivity contribution in [2.24, 2.45) is 0 Å². The van der Waals surface area contributed by atoms with Gasteiger partial charge in [0, 0.05) is 17.2 Å². The molecule has 1 aliphatic rings. The van der Waals surface area contributed by atoms with Crippen LogP contribution >= 0.6 is 0 Å². The smallest absolute Gasteiger partial charge is 0.338 e. The number of methoxy groups -OCH3 is 1. The Hall–Kier alpha value is -4.20. The second kappa shape index (κ2) is 8.27. The van der Waals surface area contributed by atoms with Gasteiger partial charge in [-0.1, -0.05) is 36.4 Å². The van der Waals surface area contributed by atoms with Gasteiger partial charge in [-0.25, -0.2) is 14.0 Å². The normalized spacial score (nSPS) is 14.8. The third-order valence-electron chi connectivity index (χ3n) is 4.76. The molecule has 0 unspecified atom stereocenters. The highest BCUT2D eigenvalue weighted by atomic mass is 19.1. The molecule has 1 fully saturated rings. The molecule has 1 aromatic heterocycles. The highest BCUT2D eigenvalue weighted by molar-refractivity contribution is 6.13. The molecule has 2 heterocycles. The summed E-state index contributed by atoms with van der Waals surface area (Å²) in [4.78, 5) is 37.8. The van der Waals surface area contributed by atoms with E-state index in [2.05, 4.69) is 5.32 Å². The van der Waals surface area contributed by atoms with Crippen LogP contribution in [0.4, 0.5) is 9.18 Å². The summed E-state index contributed by atoms with van der Waals surface area (Å²) in [5.41, 5.74) is 1.09. The van der Waals surface area contributed by atoms with E-state index in [4.69, 9.17) is 9.15 Å². The van der Waals surface area contributed by atoms with Crippen LogP contribution in [0.3, 0.4) is 0 Å². The van der Waals surface area contributed by atoms with Gasteiger partial charge in [0.2, 0.25) is 0 Å². The van der Waals surface area contributed by atoms with Crippen LogP contribution in [0, 0.1) is 5.82 Å². The Kier molecular flexibility index (Phi) is 5.36. The van der Waals surface area contributed by atoms with Crippen molar-refractivity contribution in [3.8, 4) is 11.3 Å². The first-order chi connectivity index (χ1) is 15.0. The van der Waals surface area contributed by atoms with Gasteiger partial charge < -0.3 is 14.5 Å². The minimum Gasteiger partial charge on any atom is -0.465 e. The molecule has 0 aliphatic carbocycles. The van der Waals surface area contributed by atoms with Crippen LogP contribution < -0.4 is 5.32 Å². The lowest BCUT2D eigenvalue weighted by atomic mass is 10.1. The maximum Gasteiger partial charge on any atom is 0.338 e. The van der Waals surface area contributed by atoms with Crippen LogP contribution in [0.5, 0.6) is 0 Å². The third-order valence-corrected chi connectivity index (χ3v) is 4.76. The number of rotatable bonds is 5. The zero-order valence-corrected chi connectivity index (χ0v) is 16.4. The van der Waals surface area contributed by atoms with Crippen LogP contribution in [0.25, 0.3) is 17.4 Å². The van der Waals surface area contributed by atoms with Crippen LogP contribution in [0.2, 0.25) is 0 Å². The molecule has 1 N–H and O–H groups in total. The fraction of sp³-hybridized carbons (Fsp3) is 0.0870. The molecule has 0 radical (unpaired) electrons. The molecule has 1 saturated heterocycles. The maximum absolute atomic E-state index is 13.9. The molecule has 0 saturated carbocycles. The quantitative estimate of drug-likeness (QED) is 0.383. The van der Waals surface area contributed by atoms with Crippen molar-refractivity contribution in [3.63, 3.8) is 0 Å². The van der Waals surface area contributed by atoms with Gasteiger partial charge in [-0.15, -0.1) is 0 Å². The molecule has 31 heavy (non-hydrogen) atoms. The van der Waals surface area contributed by atoms with Crippen molar-refractivity contribution in [2.45, 2.75) is 6.54 Å². The van der Waals surface area contributed by atoms with E-state index in [0.717, 1.165) is 4.90 Å². The number of furan rings is 1. The molecule has 0 atom stereocenters. The molecule has 1 aliphatic heterocycles. The minimum atomic E-state index is -0.651. The summed E-state index contributed by atoms with van der Waals surface area (Å²) >= 11 is 0. The van der Waals surface area contributed by atoms with E-state index in [1.165, 1.54) is 31.4 Å². The first kappa shape index (κ1) is 20.1. The number of amides is 3. The van der Waals surface area contributed by atoms with Crippen LogP contribution in [-0.2, 0) is 16.1 Å². The van der Waals surface area contributed by atoms with Gasteiger partial charge >= 0.3 is 12.0 Å². The Bertz CT molecular complexity index is 1210. The van der Waals surface area contributed by atoms with Crippen molar-refractivity contribution < 1.29 is 27.9 Å². The van der Waals surface area contributed by atoms with Crippen molar-refractivity contribution >= 4 is 24.0 Å². The van der Waals surface area contributed by atoms with Gasteiger partial charge in [-0.2, -0.15) is 0 Å². The molecule has 7 nitrogen and oxygen atoms in total. The van der Waals surface area contributed by atoms with E-state index in [1.807, 2.05) is 0 Å². The van der Waals surface area contributed by atoms with Crippen molar-refractivity contribution in [1.82, 2.24) is 10.2 Å². The topological polar surface area (TPSA) is 88.9 Å². The molecule has 3 aromatic rings. The lowest BCUT2D eigenvalue weighted by molar-refractivity contribution is -0.123. The Balaban J connectivity index is 1.58. The average molecular weight is 420 g/mol. The summed E-state index contributed by atoms with van der Waals surface area (Å²) in [5, 5.41) is 2.47. The molecular formula is C23H17FN2O5. The summed E-state index contributed by atoms with van der Waals surface area (Å²) in [6, 6.07) is 15.3. The van der Waals surface area contributed by atoms with Crippen molar-refractivity contribution in [1.29, 1.82) is 0 Å². The van der Waals surface area contributed by atoms with E-state index in [-0.39, 0.29) is 17.8 Å². The molecule has 0 bridgehead atoms. The third kappa shape index (κ3) is 3.95. The number of urea groups is 1. The van der Waals surface area contributed by atoms with Crippen molar-refractivity contribution in [2.75, 3.05) is 7.11 Å². The molecule has 156 valence electrons. The summed E-state index contributed by atoms with van der Waals surface area (Å²) < 4.78 is 24.4. The predicted octanol–water partition coefficient (Wildman–Crippen LogP) is 3.97. The number of imide groups is 1. The van der Waals surface area contributed by atoms with Crippen LogP contribution in [0.15, 0.2) is 70.8 Å². The fourth-order valence-corrected chi connectivity index (χ4v) is 3.22. The standard InChI is InChI=1S/C23H17FN2O5/c1-30-22(28)17-8-4-3-7-16(17)20-11-10-15(31-20)12-19-21(27)26(23(29)25-19)13-14-6-2-5-9-18(14)24/h2-12H,13H2,1H3,(H,25,29)/b19-12+. The largest absolute Gasteiger partial charge is 0.465 e. The van der Waals surface area contributed by atoms with E-state index >= 15 is 0 Å². The fourth-order valence-electron chi connectivity index (χ4n) is 3.22. The number of carbonyl (C=O) groups excluding carboxylic acids is 3. The number of hydrogen-bond donors (Lipinski definition) is 1. The van der Waals surface area contributed by atoms with Gasteiger partial charge in [-0.05, 0) is 24.3 Å². The monoisotopic (exact) mass is 420 g/mol. The second-order valence-corrected chi connectivity index (χ2v) is 6.71. The number of benzene rings is 2. The van der Waals surface area contributed by atoms with Crippen LogP contribution in [-0.4, -0.2) is 29.9 Å². The first-order valence-corrected chi connectivity index (χ1v) is 9.33. The summed E-state index contributed by atoms with van der Waals surface area (Å²) in [7, 11) is 1.29. The highest BCUT2D eigenvalue weighted by Gasteiger charge is 2.34. The van der Waals surface area contributed by atoms with E-state index in [0.29, 0.717) is 22.6 Å². The number of nitrogens with zero attached hydrogens (tertiary/aromatic N) is 1. The van der Waals surface area contributed by atoms with Gasteiger partial charge in [-0.3, -0.25) is 9.69 Å². The van der Waals surface area contributed by atoms with Crippen LogP contribution in [0.1, 0.15) is 21.7 Å². The zero-order valence-electron chi connectivity index (χ0n) is 16.4. The Morgan fingerprint density at radius 1 is 1.10 bits per heavy atom. The zero-order chi connectivity index (χ0) is 22.0. The second-order valence-electron chi connectivity index (χ2n) is 6.71. The highest BCUT2D eigenvalue weighted by Crippen LogP contribution is 2.28. The number of nitrogens with one attached hydrogen (secondary N) is 1. The maximum atomic E-state index is 13.9. The van der Waals surface area contributed by atoms with Crippen molar-refractivity contribution in [3.05, 3.63) is 89.1 Å². The Morgan fingerprint density at radius 2 is 1.84 bits per heavy atom. The first-order valence-electron chi connectivity index (χ1n) is 9.33. The lowest BCUT2D eigenvalue weighted by Gasteiger charge is -2.12. The Labute approximate surface area is 176 Å². The number of halogens is 1. The average Bonchev–Trinajstić information content (AvgIpc) is 3.35. The molecule has 8 heteroatoms. The minimum absolute atomic E-state index is 0.00323. The van der Waals surface area contributed by atoms with Gasteiger partial charge in [0.1, 0.15) is 23.0 Å². The Morgan fingerprint density at radius 3 is 2.61 bits per heavy atom. The summed E-state index contributed by atoms with van der Waals surface area (Å²) in [6.07, 6.45) is 1.38. The van der Waals surface area contributed by atoms with E-state index < -0.39 is 23.7 Å². The predicted molar refractivity (Wildman–Crippen MR) is 109 cm³/mol. The lowest BCUT2D eigenvalue weighted by Crippen LogP contribution is -2.30. The number of esters is 1. The molecule has 2 aromatic carbocycles. The molecule has 4 rings (SSSR count). The van der Waals surface area contributed by atoms with Gasteiger partial charge in [0.25, 0.3) is 5.91 Å². The molecule has 0 spiro atoms. The number of carbonyl (C=O) groups is 3. The number of hydrogen-bond acceptors (Lipinski definition) is 5. The molecular weight excluding hydrogens is 403 g/mol. The number of ether oxygens (including phenoxy) is 1.